The summed E-state index contributed by atoms with van der Waals surface area (Å²) in [6.07, 6.45) is 1.78. The monoisotopic (exact) mass is 338 g/mol. The lowest BCUT2D eigenvalue weighted by Crippen LogP contribution is -2.12. The van der Waals surface area contributed by atoms with Crippen LogP contribution in [-0.4, -0.2) is 15.9 Å². The molecule has 1 aromatic carbocycles. The number of hydrogen-bond donors (Lipinski definition) is 2. The Balaban J connectivity index is 1.66. The maximum absolute atomic E-state index is 12.3. The molecule has 5 nitrogen and oxygen atoms in total. The highest BCUT2D eigenvalue weighted by molar-refractivity contribution is 7.13. The molecule has 0 saturated heterocycles. The highest BCUT2D eigenvalue weighted by atomic mass is 32.1. The van der Waals surface area contributed by atoms with E-state index in [1.807, 2.05) is 49.6 Å². The number of aromatic nitrogens is 2. The van der Waals surface area contributed by atoms with Crippen molar-refractivity contribution in [1.29, 1.82) is 0 Å². The SMILES string of the molecule is Cc1ccnc(NCc2cccc(C(=O)Nc3nc(C)cs3)c2)c1. The fourth-order valence-corrected chi connectivity index (χ4v) is 2.91. The van der Waals surface area contributed by atoms with Crippen LogP contribution < -0.4 is 10.6 Å². The normalized spacial score (nSPS) is 10.4. The number of aryl methyl sites for hydroxylation is 2. The fraction of sp³-hybridized carbons (Fsp3) is 0.167. The first kappa shape index (κ1) is 16.1. The minimum atomic E-state index is -0.153. The molecule has 0 unspecified atom stereocenters. The zero-order chi connectivity index (χ0) is 16.9. The smallest absolute Gasteiger partial charge is 0.257 e. The third-order valence-electron chi connectivity index (χ3n) is 3.42. The molecule has 0 spiro atoms. The number of carbonyl (C=O) groups excluding carboxylic acids is 1. The molecule has 2 N–H and O–H groups in total. The molecule has 0 aliphatic carbocycles. The molecule has 0 saturated carbocycles. The lowest BCUT2D eigenvalue weighted by molar-refractivity contribution is 0.102. The number of benzene rings is 1. The molecular weight excluding hydrogens is 320 g/mol. The molecule has 2 heterocycles. The van der Waals surface area contributed by atoms with E-state index in [1.165, 1.54) is 11.3 Å². The second kappa shape index (κ2) is 7.23. The van der Waals surface area contributed by atoms with E-state index in [1.54, 1.807) is 12.3 Å². The van der Waals surface area contributed by atoms with E-state index in [0.29, 0.717) is 17.2 Å². The van der Waals surface area contributed by atoms with Gasteiger partial charge in [0.15, 0.2) is 5.13 Å². The number of carbonyl (C=O) groups is 1. The number of anilines is 2. The van der Waals surface area contributed by atoms with Crippen LogP contribution in [0.5, 0.6) is 0 Å². The predicted molar refractivity (Wildman–Crippen MR) is 97.5 cm³/mol. The van der Waals surface area contributed by atoms with E-state index in [2.05, 4.69) is 20.6 Å². The second-order valence-corrected chi connectivity index (χ2v) is 6.38. The third kappa shape index (κ3) is 4.17. The minimum Gasteiger partial charge on any atom is -0.366 e. The Morgan fingerprint density at radius 2 is 2.08 bits per heavy atom. The summed E-state index contributed by atoms with van der Waals surface area (Å²) in [7, 11) is 0. The van der Waals surface area contributed by atoms with Crippen molar-refractivity contribution >= 4 is 28.2 Å². The van der Waals surface area contributed by atoms with Gasteiger partial charge in [-0.05, 0) is 49.2 Å². The Bertz CT molecular complexity index is 859. The first-order valence-electron chi connectivity index (χ1n) is 7.59. The Hall–Kier alpha value is -2.73. The van der Waals surface area contributed by atoms with Gasteiger partial charge in [0.05, 0.1) is 5.69 Å². The first-order valence-corrected chi connectivity index (χ1v) is 8.47. The van der Waals surface area contributed by atoms with E-state index < -0.39 is 0 Å². The lowest BCUT2D eigenvalue weighted by atomic mass is 10.1. The van der Waals surface area contributed by atoms with Crippen molar-refractivity contribution in [1.82, 2.24) is 9.97 Å². The molecule has 24 heavy (non-hydrogen) atoms. The van der Waals surface area contributed by atoms with Crippen LogP contribution in [0.3, 0.4) is 0 Å². The maximum atomic E-state index is 12.3. The van der Waals surface area contributed by atoms with Crippen LogP contribution in [0.2, 0.25) is 0 Å². The van der Waals surface area contributed by atoms with Crippen molar-refractivity contribution in [2.45, 2.75) is 20.4 Å². The summed E-state index contributed by atoms with van der Waals surface area (Å²) < 4.78 is 0. The average molecular weight is 338 g/mol. The Labute approximate surface area is 144 Å². The summed E-state index contributed by atoms with van der Waals surface area (Å²) in [5.41, 5.74) is 3.68. The van der Waals surface area contributed by atoms with Crippen molar-refractivity contribution in [3.05, 3.63) is 70.4 Å². The molecule has 0 aliphatic rings. The number of thiazole rings is 1. The van der Waals surface area contributed by atoms with Gasteiger partial charge >= 0.3 is 0 Å². The van der Waals surface area contributed by atoms with E-state index in [4.69, 9.17) is 0 Å². The van der Waals surface area contributed by atoms with Crippen molar-refractivity contribution in [2.75, 3.05) is 10.6 Å². The zero-order valence-corrected chi connectivity index (χ0v) is 14.4. The van der Waals surface area contributed by atoms with Crippen LogP contribution in [0.4, 0.5) is 10.9 Å². The van der Waals surface area contributed by atoms with Gasteiger partial charge < -0.3 is 5.32 Å². The second-order valence-electron chi connectivity index (χ2n) is 5.52. The predicted octanol–water partition coefficient (Wildman–Crippen LogP) is 4.02. The van der Waals surface area contributed by atoms with Gasteiger partial charge in [-0.1, -0.05) is 12.1 Å². The van der Waals surface area contributed by atoms with Crippen LogP contribution in [0.25, 0.3) is 0 Å². The number of nitrogens with one attached hydrogen (secondary N) is 2. The van der Waals surface area contributed by atoms with Crippen LogP contribution in [0.15, 0.2) is 48.0 Å². The molecular formula is C18H18N4OS. The molecule has 0 fully saturated rings. The Kier molecular flexibility index (Phi) is 4.86. The van der Waals surface area contributed by atoms with E-state index in [9.17, 15) is 4.79 Å². The summed E-state index contributed by atoms with van der Waals surface area (Å²) in [6.45, 7) is 4.53. The van der Waals surface area contributed by atoms with Gasteiger partial charge in [0, 0.05) is 23.7 Å². The summed E-state index contributed by atoms with van der Waals surface area (Å²) in [4.78, 5) is 20.8. The molecule has 2 aromatic heterocycles. The van der Waals surface area contributed by atoms with Gasteiger partial charge in [-0.3, -0.25) is 10.1 Å². The van der Waals surface area contributed by atoms with Crippen molar-refractivity contribution < 1.29 is 4.79 Å². The highest BCUT2D eigenvalue weighted by Crippen LogP contribution is 2.16. The summed E-state index contributed by atoms with van der Waals surface area (Å²) >= 11 is 1.42. The topological polar surface area (TPSA) is 66.9 Å². The van der Waals surface area contributed by atoms with E-state index in [0.717, 1.165) is 22.6 Å². The van der Waals surface area contributed by atoms with Crippen LogP contribution in [0.1, 0.15) is 27.2 Å². The average Bonchev–Trinajstić information content (AvgIpc) is 2.98. The minimum absolute atomic E-state index is 0.153. The summed E-state index contributed by atoms with van der Waals surface area (Å²) in [5, 5.41) is 8.61. The largest absolute Gasteiger partial charge is 0.366 e. The van der Waals surface area contributed by atoms with Gasteiger partial charge in [0.2, 0.25) is 0 Å². The molecule has 122 valence electrons. The summed E-state index contributed by atoms with van der Waals surface area (Å²) in [6, 6.07) is 11.5. The molecule has 6 heteroatoms. The van der Waals surface area contributed by atoms with Crippen molar-refractivity contribution in [3.63, 3.8) is 0 Å². The van der Waals surface area contributed by atoms with Gasteiger partial charge in [0.1, 0.15) is 5.82 Å². The van der Waals surface area contributed by atoms with Gasteiger partial charge in [0.25, 0.3) is 5.91 Å². The number of pyridine rings is 1. The standard InChI is InChI=1S/C18H18N4OS/c1-12-6-7-19-16(8-12)20-10-14-4-3-5-15(9-14)17(23)22-18-21-13(2)11-24-18/h3-9,11H,10H2,1-2H3,(H,19,20)(H,21,22,23). The highest BCUT2D eigenvalue weighted by Gasteiger charge is 2.09. The third-order valence-corrected chi connectivity index (χ3v) is 4.29. The number of amides is 1. The van der Waals surface area contributed by atoms with Gasteiger partial charge in [-0.25, -0.2) is 9.97 Å². The summed E-state index contributed by atoms with van der Waals surface area (Å²) in [5.74, 6) is 0.669. The van der Waals surface area contributed by atoms with Crippen molar-refractivity contribution in [2.24, 2.45) is 0 Å². The van der Waals surface area contributed by atoms with Crippen LogP contribution >= 0.6 is 11.3 Å². The lowest BCUT2D eigenvalue weighted by Gasteiger charge is -2.08. The van der Waals surface area contributed by atoms with Gasteiger partial charge in [-0.2, -0.15) is 0 Å². The number of hydrogen-bond acceptors (Lipinski definition) is 5. The zero-order valence-electron chi connectivity index (χ0n) is 13.5. The molecule has 0 atom stereocenters. The molecule has 3 rings (SSSR count). The fourth-order valence-electron chi connectivity index (χ4n) is 2.23. The molecule has 1 amide bonds. The number of nitrogens with zero attached hydrogens (tertiary/aromatic N) is 2. The number of rotatable bonds is 5. The molecule has 0 aliphatic heterocycles. The Morgan fingerprint density at radius 1 is 1.21 bits per heavy atom. The Morgan fingerprint density at radius 3 is 2.83 bits per heavy atom. The van der Waals surface area contributed by atoms with E-state index >= 15 is 0 Å². The molecule has 0 bridgehead atoms. The molecule has 3 aromatic rings. The maximum Gasteiger partial charge on any atom is 0.257 e. The molecule has 0 radical (unpaired) electrons. The van der Waals surface area contributed by atoms with Gasteiger partial charge in [-0.15, -0.1) is 11.3 Å². The quantitative estimate of drug-likeness (QED) is 0.737. The van der Waals surface area contributed by atoms with Crippen molar-refractivity contribution in [3.8, 4) is 0 Å². The van der Waals surface area contributed by atoms with Crippen LogP contribution in [0, 0.1) is 13.8 Å². The van der Waals surface area contributed by atoms with Crippen LogP contribution in [-0.2, 0) is 6.54 Å². The van der Waals surface area contributed by atoms with E-state index in [-0.39, 0.29) is 5.91 Å². The first-order chi connectivity index (χ1) is 11.6.